The maximum absolute atomic E-state index is 11.8. The molecular weight excluding hydrogens is 346 g/mol. The fourth-order valence-electron chi connectivity index (χ4n) is 3.06. The molecule has 2 aromatic rings. The zero-order valence-electron chi connectivity index (χ0n) is 15.9. The molecule has 0 radical (unpaired) electrons. The molecule has 0 atom stereocenters. The highest BCUT2D eigenvalue weighted by Gasteiger charge is 2.22. The lowest BCUT2D eigenvalue weighted by Crippen LogP contribution is -2.44. The van der Waals surface area contributed by atoms with Crippen LogP contribution >= 0.6 is 0 Å². The first-order chi connectivity index (χ1) is 13.0. The van der Waals surface area contributed by atoms with E-state index in [1.54, 1.807) is 20.1 Å². The van der Waals surface area contributed by atoms with Crippen molar-refractivity contribution in [3.63, 3.8) is 0 Å². The number of aryl methyl sites for hydroxylation is 1. The van der Waals surface area contributed by atoms with Crippen LogP contribution in [0.2, 0.25) is 0 Å². The predicted molar refractivity (Wildman–Crippen MR) is 103 cm³/mol. The van der Waals surface area contributed by atoms with Crippen LogP contribution in [-0.2, 0) is 6.61 Å². The molecule has 1 fully saturated rings. The summed E-state index contributed by atoms with van der Waals surface area (Å²) < 4.78 is 11.0. The average molecular weight is 371 g/mol. The lowest BCUT2D eigenvalue weighted by molar-refractivity contribution is 0.0691. The van der Waals surface area contributed by atoms with Crippen molar-refractivity contribution >= 4 is 11.8 Å². The number of hydrogen-bond acceptors (Lipinski definition) is 6. The molecule has 1 N–H and O–H groups in total. The van der Waals surface area contributed by atoms with Gasteiger partial charge in [-0.15, -0.1) is 0 Å². The molecule has 0 aliphatic carbocycles. The van der Waals surface area contributed by atoms with Gasteiger partial charge in [-0.1, -0.05) is 12.1 Å². The Kier molecular flexibility index (Phi) is 5.81. The highest BCUT2D eigenvalue weighted by Crippen LogP contribution is 2.28. The van der Waals surface area contributed by atoms with Crippen LogP contribution in [0.1, 0.15) is 21.6 Å². The van der Waals surface area contributed by atoms with Gasteiger partial charge < -0.3 is 24.4 Å². The molecule has 144 valence electrons. The maximum Gasteiger partial charge on any atom is 0.339 e. The van der Waals surface area contributed by atoms with Gasteiger partial charge in [0, 0.05) is 26.2 Å². The number of likely N-dealkylation sites (N-methyl/N-ethyl adjacent to an activating group) is 1. The number of methoxy groups -OCH3 is 1. The molecule has 27 heavy (non-hydrogen) atoms. The number of aromatic nitrogens is 1. The number of rotatable bonds is 6. The highest BCUT2D eigenvalue weighted by molar-refractivity contribution is 5.92. The predicted octanol–water partition coefficient (Wildman–Crippen LogP) is 2.43. The van der Waals surface area contributed by atoms with E-state index >= 15 is 0 Å². The van der Waals surface area contributed by atoms with Gasteiger partial charge in [0.25, 0.3) is 0 Å². The summed E-state index contributed by atoms with van der Waals surface area (Å²) in [6, 6.07) is 9.09. The summed E-state index contributed by atoms with van der Waals surface area (Å²) in [5.41, 5.74) is 1.65. The molecule has 1 aromatic heterocycles. The smallest absolute Gasteiger partial charge is 0.339 e. The Bertz CT molecular complexity index is 800. The Morgan fingerprint density at radius 3 is 2.44 bits per heavy atom. The van der Waals surface area contributed by atoms with Gasteiger partial charge in [0.1, 0.15) is 23.7 Å². The Hall–Kier alpha value is -2.80. The maximum atomic E-state index is 11.8. The van der Waals surface area contributed by atoms with E-state index in [2.05, 4.69) is 21.8 Å². The van der Waals surface area contributed by atoms with Gasteiger partial charge in [-0.25, -0.2) is 9.78 Å². The van der Waals surface area contributed by atoms with Crippen molar-refractivity contribution in [1.29, 1.82) is 0 Å². The Morgan fingerprint density at radius 2 is 1.85 bits per heavy atom. The van der Waals surface area contributed by atoms with Gasteiger partial charge in [0.2, 0.25) is 0 Å². The highest BCUT2D eigenvalue weighted by atomic mass is 16.5. The van der Waals surface area contributed by atoms with Crippen LogP contribution in [0.4, 0.5) is 5.82 Å². The second-order valence-electron chi connectivity index (χ2n) is 6.67. The molecule has 0 spiro atoms. The van der Waals surface area contributed by atoms with Crippen LogP contribution in [0.25, 0.3) is 0 Å². The summed E-state index contributed by atoms with van der Waals surface area (Å²) in [7, 11) is 3.69. The third-order valence-corrected chi connectivity index (χ3v) is 4.73. The fourth-order valence-corrected chi connectivity index (χ4v) is 3.06. The second kappa shape index (κ2) is 8.26. The molecule has 1 saturated heterocycles. The zero-order chi connectivity index (χ0) is 19.4. The van der Waals surface area contributed by atoms with Crippen molar-refractivity contribution in [1.82, 2.24) is 9.88 Å². The van der Waals surface area contributed by atoms with Crippen LogP contribution in [0.15, 0.2) is 30.3 Å². The molecule has 0 amide bonds. The van der Waals surface area contributed by atoms with Crippen LogP contribution in [0, 0.1) is 6.92 Å². The Morgan fingerprint density at radius 1 is 1.19 bits per heavy atom. The number of hydrogen-bond donors (Lipinski definition) is 1. The first kappa shape index (κ1) is 19.0. The van der Waals surface area contributed by atoms with Gasteiger partial charge in [0.15, 0.2) is 5.75 Å². The van der Waals surface area contributed by atoms with Crippen LogP contribution in [0.3, 0.4) is 0 Å². The molecule has 7 nitrogen and oxygen atoms in total. The first-order valence-corrected chi connectivity index (χ1v) is 8.92. The lowest BCUT2D eigenvalue weighted by atomic mass is 10.1. The minimum absolute atomic E-state index is 0.143. The van der Waals surface area contributed by atoms with Gasteiger partial charge in [-0.3, -0.25) is 0 Å². The normalized spacial score (nSPS) is 14.9. The van der Waals surface area contributed by atoms with E-state index in [1.165, 1.54) is 0 Å². The third kappa shape index (κ3) is 4.49. The molecular formula is C20H25N3O4. The largest absolute Gasteiger partial charge is 0.497 e. The number of nitrogens with zero attached hydrogens (tertiary/aromatic N) is 3. The minimum Gasteiger partial charge on any atom is -0.497 e. The van der Waals surface area contributed by atoms with E-state index in [0.717, 1.165) is 37.5 Å². The van der Waals surface area contributed by atoms with Gasteiger partial charge in [-0.2, -0.15) is 0 Å². The van der Waals surface area contributed by atoms with E-state index in [9.17, 15) is 9.90 Å². The zero-order valence-corrected chi connectivity index (χ0v) is 15.9. The topological polar surface area (TPSA) is 75.1 Å². The van der Waals surface area contributed by atoms with E-state index in [-0.39, 0.29) is 12.2 Å². The van der Waals surface area contributed by atoms with Crippen molar-refractivity contribution in [2.45, 2.75) is 13.5 Å². The molecule has 0 unspecified atom stereocenters. The average Bonchev–Trinajstić information content (AvgIpc) is 2.67. The Labute approximate surface area is 159 Å². The summed E-state index contributed by atoms with van der Waals surface area (Å²) in [6.07, 6.45) is 0. The van der Waals surface area contributed by atoms with Crippen molar-refractivity contribution in [3.8, 4) is 11.5 Å². The number of carboxylic acids is 1. The third-order valence-electron chi connectivity index (χ3n) is 4.73. The lowest BCUT2D eigenvalue weighted by Gasteiger charge is -2.33. The molecule has 1 aliphatic heterocycles. The summed E-state index contributed by atoms with van der Waals surface area (Å²) in [4.78, 5) is 20.8. The fraction of sp³-hybridized carbons (Fsp3) is 0.400. The van der Waals surface area contributed by atoms with E-state index in [1.807, 2.05) is 24.3 Å². The molecule has 3 rings (SSSR count). The van der Waals surface area contributed by atoms with Crippen molar-refractivity contribution in [2.24, 2.45) is 0 Å². The summed E-state index contributed by atoms with van der Waals surface area (Å²) in [5, 5.41) is 9.67. The molecule has 7 heteroatoms. The van der Waals surface area contributed by atoms with E-state index in [4.69, 9.17) is 9.47 Å². The number of carboxylic acid groups (broad SMARTS) is 1. The molecule has 1 aromatic carbocycles. The number of carbonyl (C=O) groups is 1. The second-order valence-corrected chi connectivity index (χ2v) is 6.67. The minimum atomic E-state index is -1.01. The van der Waals surface area contributed by atoms with Crippen molar-refractivity contribution < 1.29 is 19.4 Å². The number of anilines is 1. The molecule has 1 aliphatic rings. The summed E-state index contributed by atoms with van der Waals surface area (Å²) >= 11 is 0. The number of ether oxygens (including phenoxy) is 2. The van der Waals surface area contributed by atoms with Gasteiger partial charge in [-0.05, 0) is 37.7 Å². The SMILES string of the molecule is COc1ccc(COc2c(C(=O)O)cc(N3CCN(C)CC3)nc2C)cc1. The molecule has 0 saturated carbocycles. The monoisotopic (exact) mass is 371 g/mol. The molecule has 0 bridgehead atoms. The molecule has 2 heterocycles. The quantitative estimate of drug-likeness (QED) is 0.836. The summed E-state index contributed by atoms with van der Waals surface area (Å²) in [5.74, 6) is 0.756. The van der Waals surface area contributed by atoms with Crippen molar-refractivity contribution in [3.05, 3.63) is 47.2 Å². The number of benzene rings is 1. The van der Waals surface area contributed by atoms with Gasteiger partial charge >= 0.3 is 5.97 Å². The van der Waals surface area contributed by atoms with Crippen molar-refractivity contribution in [2.75, 3.05) is 45.2 Å². The van der Waals surface area contributed by atoms with E-state index in [0.29, 0.717) is 17.3 Å². The van der Waals surface area contributed by atoms with E-state index < -0.39 is 5.97 Å². The van der Waals surface area contributed by atoms with Crippen LogP contribution in [0.5, 0.6) is 11.5 Å². The number of pyridine rings is 1. The Balaban J connectivity index is 1.80. The standard InChI is InChI=1S/C20H25N3O4/c1-14-19(27-13-15-4-6-16(26-3)7-5-15)17(20(24)25)12-18(21-14)23-10-8-22(2)9-11-23/h4-7,12H,8-11,13H2,1-3H3,(H,24,25). The van der Waals surface area contributed by atoms with Crippen LogP contribution in [-0.4, -0.2) is 61.3 Å². The van der Waals surface area contributed by atoms with Crippen LogP contribution < -0.4 is 14.4 Å². The van der Waals surface area contributed by atoms with Gasteiger partial charge in [0.05, 0.1) is 12.8 Å². The number of piperazine rings is 1. The summed E-state index contributed by atoms with van der Waals surface area (Å²) in [6.45, 7) is 5.57. The first-order valence-electron chi connectivity index (χ1n) is 8.92. The number of aromatic carboxylic acids is 1.